The van der Waals surface area contributed by atoms with E-state index < -0.39 is 0 Å². The van der Waals surface area contributed by atoms with Gasteiger partial charge in [0.1, 0.15) is 0 Å². The van der Waals surface area contributed by atoms with Gasteiger partial charge >= 0.3 is 5.97 Å². The number of carbonyl (C=O) groups excluding carboxylic acids is 1. The standard InChI is InChI=1S/C33H66O2/c1-4-7-9-11-13-15-17-19-21-23-25-27-29-31-32(33(34)35-6-3)30-28-26-24-22-20-18-16-14-12-10-8-5-2/h32H,4-31H2,1-3H3. The summed E-state index contributed by atoms with van der Waals surface area (Å²) in [6, 6.07) is 0. The molecule has 0 bridgehead atoms. The highest BCUT2D eigenvalue weighted by Crippen LogP contribution is 2.21. The third-order valence-electron chi connectivity index (χ3n) is 7.68. The van der Waals surface area contributed by atoms with E-state index in [4.69, 9.17) is 4.74 Å². The summed E-state index contributed by atoms with van der Waals surface area (Å²) in [7, 11) is 0. The van der Waals surface area contributed by atoms with Crippen LogP contribution in [0.15, 0.2) is 0 Å². The maximum absolute atomic E-state index is 12.4. The average molecular weight is 495 g/mol. The normalized spacial score (nSPS) is 12.2. The minimum atomic E-state index is 0.0644. The summed E-state index contributed by atoms with van der Waals surface area (Å²) in [4.78, 5) is 12.4. The van der Waals surface area contributed by atoms with E-state index in [9.17, 15) is 4.79 Å². The number of unbranched alkanes of at least 4 members (excludes halogenated alkanes) is 23. The molecular weight excluding hydrogens is 428 g/mol. The van der Waals surface area contributed by atoms with E-state index in [-0.39, 0.29) is 11.9 Å². The summed E-state index contributed by atoms with van der Waals surface area (Å²) in [6.45, 7) is 7.03. The predicted octanol–water partition coefficient (Wildman–Crippen LogP) is 11.7. The van der Waals surface area contributed by atoms with Gasteiger partial charge in [0, 0.05) is 0 Å². The molecule has 0 aliphatic rings. The Bertz CT molecular complexity index is 406. The van der Waals surface area contributed by atoms with Gasteiger partial charge in [-0.2, -0.15) is 0 Å². The van der Waals surface area contributed by atoms with Crippen molar-refractivity contribution in [2.45, 2.75) is 194 Å². The second kappa shape index (κ2) is 29.7. The van der Waals surface area contributed by atoms with Crippen molar-refractivity contribution in [1.29, 1.82) is 0 Å². The third kappa shape index (κ3) is 26.3. The molecule has 0 fully saturated rings. The Morgan fingerprint density at radius 1 is 0.429 bits per heavy atom. The van der Waals surface area contributed by atoms with Crippen molar-refractivity contribution < 1.29 is 9.53 Å². The number of esters is 1. The highest BCUT2D eigenvalue weighted by molar-refractivity contribution is 5.72. The van der Waals surface area contributed by atoms with Gasteiger partial charge in [-0.15, -0.1) is 0 Å². The van der Waals surface area contributed by atoms with E-state index in [1.807, 2.05) is 6.92 Å². The fourth-order valence-electron chi connectivity index (χ4n) is 5.28. The Morgan fingerprint density at radius 3 is 0.943 bits per heavy atom. The maximum Gasteiger partial charge on any atom is 0.308 e. The zero-order valence-electron chi connectivity index (χ0n) is 24.7. The van der Waals surface area contributed by atoms with Crippen LogP contribution in [-0.4, -0.2) is 12.6 Å². The van der Waals surface area contributed by atoms with Gasteiger partial charge in [-0.05, 0) is 19.8 Å². The van der Waals surface area contributed by atoms with Crippen molar-refractivity contribution >= 4 is 5.97 Å². The lowest BCUT2D eigenvalue weighted by Crippen LogP contribution is -2.18. The van der Waals surface area contributed by atoms with Gasteiger partial charge in [0.2, 0.25) is 0 Å². The van der Waals surface area contributed by atoms with Crippen molar-refractivity contribution in [1.82, 2.24) is 0 Å². The first-order valence-corrected chi connectivity index (χ1v) is 16.4. The van der Waals surface area contributed by atoms with Crippen LogP contribution in [0.2, 0.25) is 0 Å². The molecule has 35 heavy (non-hydrogen) atoms. The Labute approximate surface area is 222 Å². The zero-order chi connectivity index (χ0) is 25.7. The van der Waals surface area contributed by atoms with Gasteiger partial charge in [-0.25, -0.2) is 0 Å². The van der Waals surface area contributed by atoms with Gasteiger partial charge in [-0.1, -0.05) is 174 Å². The molecule has 1 unspecified atom stereocenters. The van der Waals surface area contributed by atoms with E-state index in [0.717, 1.165) is 12.8 Å². The molecule has 0 N–H and O–H groups in total. The van der Waals surface area contributed by atoms with E-state index in [1.54, 1.807) is 0 Å². The number of ether oxygens (including phenoxy) is 1. The van der Waals surface area contributed by atoms with Crippen LogP contribution in [0.1, 0.15) is 194 Å². The third-order valence-corrected chi connectivity index (χ3v) is 7.68. The van der Waals surface area contributed by atoms with Crippen LogP contribution in [0.4, 0.5) is 0 Å². The first kappa shape index (κ1) is 34.5. The molecule has 2 nitrogen and oxygen atoms in total. The minimum Gasteiger partial charge on any atom is -0.466 e. The van der Waals surface area contributed by atoms with Crippen LogP contribution < -0.4 is 0 Å². The van der Waals surface area contributed by atoms with E-state index in [1.165, 1.54) is 161 Å². The van der Waals surface area contributed by atoms with Crippen LogP contribution in [0.3, 0.4) is 0 Å². The molecular formula is C33H66O2. The lowest BCUT2D eigenvalue weighted by atomic mass is 9.94. The Morgan fingerprint density at radius 2 is 0.686 bits per heavy atom. The molecule has 0 aliphatic carbocycles. The van der Waals surface area contributed by atoms with Crippen molar-refractivity contribution in [2.24, 2.45) is 5.92 Å². The fraction of sp³-hybridized carbons (Fsp3) is 0.970. The largest absolute Gasteiger partial charge is 0.466 e. The zero-order valence-corrected chi connectivity index (χ0v) is 24.7. The van der Waals surface area contributed by atoms with Crippen LogP contribution >= 0.6 is 0 Å². The smallest absolute Gasteiger partial charge is 0.308 e. The number of carbonyl (C=O) groups is 1. The second-order valence-electron chi connectivity index (χ2n) is 11.2. The van der Waals surface area contributed by atoms with E-state index >= 15 is 0 Å². The van der Waals surface area contributed by atoms with Gasteiger partial charge < -0.3 is 4.74 Å². The molecule has 210 valence electrons. The maximum atomic E-state index is 12.4. The van der Waals surface area contributed by atoms with Crippen LogP contribution in [-0.2, 0) is 9.53 Å². The molecule has 2 heteroatoms. The van der Waals surface area contributed by atoms with Crippen LogP contribution in [0.5, 0.6) is 0 Å². The Balaban J connectivity index is 3.64. The Hall–Kier alpha value is -0.530. The highest BCUT2D eigenvalue weighted by Gasteiger charge is 2.18. The van der Waals surface area contributed by atoms with Crippen molar-refractivity contribution in [3.63, 3.8) is 0 Å². The predicted molar refractivity (Wildman–Crippen MR) is 156 cm³/mol. The first-order valence-electron chi connectivity index (χ1n) is 16.4. The molecule has 0 saturated carbocycles. The summed E-state index contributed by atoms with van der Waals surface area (Å²) < 4.78 is 5.39. The first-order chi connectivity index (χ1) is 17.3. The number of hydrogen-bond acceptors (Lipinski definition) is 2. The molecule has 0 amide bonds. The topological polar surface area (TPSA) is 26.3 Å². The lowest BCUT2D eigenvalue weighted by Gasteiger charge is -2.15. The summed E-state index contributed by atoms with van der Waals surface area (Å²) in [6.07, 6.45) is 36.5. The molecule has 0 aliphatic heterocycles. The summed E-state index contributed by atoms with van der Waals surface area (Å²) >= 11 is 0. The molecule has 0 saturated heterocycles. The summed E-state index contributed by atoms with van der Waals surface area (Å²) in [5.74, 6) is 0.209. The minimum absolute atomic E-state index is 0.0644. The molecule has 0 aromatic carbocycles. The number of hydrogen-bond donors (Lipinski definition) is 0. The monoisotopic (exact) mass is 495 g/mol. The summed E-state index contributed by atoms with van der Waals surface area (Å²) in [5.41, 5.74) is 0. The van der Waals surface area contributed by atoms with Gasteiger partial charge in [0.25, 0.3) is 0 Å². The average Bonchev–Trinajstić information content (AvgIpc) is 2.86. The quantitative estimate of drug-likeness (QED) is 0.0763. The van der Waals surface area contributed by atoms with Crippen LogP contribution in [0, 0.1) is 5.92 Å². The molecule has 1 atom stereocenters. The van der Waals surface area contributed by atoms with Crippen molar-refractivity contribution in [2.75, 3.05) is 6.61 Å². The fourth-order valence-corrected chi connectivity index (χ4v) is 5.28. The SMILES string of the molecule is CCCCCCCCCCCCCCCC(CCCCCCCCCCCCCC)C(=O)OCC. The highest BCUT2D eigenvalue weighted by atomic mass is 16.5. The van der Waals surface area contributed by atoms with Crippen LogP contribution in [0.25, 0.3) is 0 Å². The molecule has 0 heterocycles. The van der Waals surface area contributed by atoms with Gasteiger partial charge in [-0.3, -0.25) is 4.79 Å². The summed E-state index contributed by atoms with van der Waals surface area (Å²) in [5, 5.41) is 0. The van der Waals surface area contributed by atoms with Crippen molar-refractivity contribution in [3.05, 3.63) is 0 Å². The van der Waals surface area contributed by atoms with E-state index in [2.05, 4.69) is 13.8 Å². The molecule has 0 aromatic rings. The Kier molecular flexibility index (Phi) is 29.2. The molecule has 0 aromatic heterocycles. The lowest BCUT2D eigenvalue weighted by molar-refractivity contribution is -0.148. The second-order valence-corrected chi connectivity index (χ2v) is 11.2. The van der Waals surface area contributed by atoms with Crippen molar-refractivity contribution in [3.8, 4) is 0 Å². The number of rotatable bonds is 29. The van der Waals surface area contributed by atoms with Gasteiger partial charge in [0.05, 0.1) is 12.5 Å². The molecule has 0 rings (SSSR count). The van der Waals surface area contributed by atoms with E-state index in [0.29, 0.717) is 6.61 Å². The molecule has 0 spiro atoms. The van der Waals surface area contributed by atoms with Gasteiger partial charge in [0.15, 0.2) is 0 Å². The molecule has 0 radical (unpaired) electrons.